The van der Waals surface area contributed by atoms with Crippen LogP contribution in [0.3, 0.4) is 0 Å². The number of aromatic amines is 1. The molecule has 3 amide bonds. The number of aliphatic carboxylic acids is 1. The van der Waals surface area contributed by atoms with Crippen LogP contribution in [0.15, 0.2) is 60.8 Å². The summed E-state index contributed by atoms with van der Waals surface area (Å²) < 4.78 is 6.20. The zero-order valence-corrected chi connectivity index (χ0v) is 29.1. The van der Waals surface area contributed by atoms with Crippen molar-refractivity contribution in [3.63, 3.8) is 0 Å². The molecular weight excluding hydrogens is 620 g/mol. The van der Waals surface area contributed by atoms with Gasteiger partial charge in [-0.3, -0.25) is 14.4 Å². The highest BCUT2D eigenvalue weighted by atomic mass is 16.6. The highest BCUT2D eigenvalue weighted by Crippen LogP contribution is 2.66. The van der Waals surface area contributed by atoms with Crippen molar-refractivity contribution in [3.05, 3.63) is 71.9 Å². The second kappa shape index (κ2) is 13.2. The van der Waals surface area contributed by atoms with Gasteiger partial charge in [-0.2, -0.15) is 0 Å². The van der Waals surface area contributed by atoms with Gasteiger partial charge in [0.25, 0.3) is 0 Å². The quantitative estimate of drug-likeness (QED) is 0.199. The number of ether oxygens (including phenoxy) is 1. The molecule has 0 radical (unpaired) electrons. The summed E-state index contributed by atoms with van der Waals surface area (Å²) in [6.45, 7) is 9.78. The first kappa shape index (κ1) is 34.5. The Morgan fingerprint density at radius 1 is 0.980 bits per heavy atom. The SMILES string of the molecule is CC1(C)C2CC[C@]1(C)[C@H](OC(=O)N[C@](C)(Cc1c[nH]c3ccccc13)C(=O)N1CCC(CNC(=O)CCC(=O)O)(c3ccccc3)CC1)C2. The van der Waals surface area contributed by atoms with E-state index in [4.69, 9.17) is 9.84 Å². The van der Waals surface area contributed by atoms with E-state index in [1.807, 2.05) is 65.7 Å². The summed E-state index contributed by atoms with van der Waals surface area (Å²) in [4.78, 5) is 57.1. The lowest BCUT2D eigenvalue weighted by molar-refractivity contribution is -0.139. The standard InChI is InChI=1S/C39H50N4O6/c1-36(2)28-16-17-37(36,3)31(22-28)49-35(48)42-38(4,23-26-24-40-30-13-9-8-12-29(26)30)34(47)43-20-18-39(19-21-43,27-10-6-5-7-11-27)25-41-32(44)14-15-33(45)46/h5-13,24,28,31,40H,14-23,25H2,1-4H3,(H,41,44)(H,42,48)(H,45,46)/t28?,31-,37-,38-/m1/s1. The molecule has 1 aromatic heterocycles. The number of carboxylic acids is 1. The number of aromatic nitrogens is 1. The number of H-pyrrole nitrogens is 1. The molecule has 49 heavy (non-hydrogen) atoms. The number of para-hydroxylation sites is 1. The van der Waals surface area contributed by atoms with Crippen LogP contribution in [-0.2, 0) is 31.0 Å². The van der Waals surface area contributed by atoms with Gasteiger partial charge in [0, 0.05) is 60.4 Å². The molecule has 2 aliphatic carbocycles. The molecule has 2 heterocycles. The Labute approximate surface area is 288 Å². The molecule has 10 nitrogen and oxygen atoms in total. The van der Waals surface area contributed by atoms with Crippen LogP contribution >= 0.6 is 0 Å². The molecule has 10 heteroatoms. The Bertz CT molecular complexity index is 1710. The van der Waals surface area contributed by atoms with Gasteiger partial charge in [0.2, 0.25) is 11.8 Å². The van der Waals surface area contributed by atoms with Crippen molar-refractivity contribution in [2.75, 3.05) is 19.6 Å². The van der Waals surface area contributed by atoms with Crippen molar-refractivity contribution >= 4 is 34.8 Å². The van der Waals surface area contributed by atoms with Crippen LogP contribution in [0.2, 0.25) is 0 Å². The van der Waals surface area contributed by atoms with E-state index in [-0.39, 0.29) is 48.0 Å². The van der Waals surface area contributed by atoms with Crippen molar-refractivity contribution in [1.29, 1.82) is 0 Å². The Morgan fingerprint density at radius 3 is 2.33 bits per heavy atom. The minimum absolute atomic E-state index is 0.0793. The van der Waals surface area contributed by atoms with Gasteiger partial charge in [0.15, 0.2) is 0 Å². The summed E-state index contributed by atoms with van der Waals surface area (Å²) in [6.07, 6.45) is 5.28. The number of nitrogens with one attached hydrogen (secondary N) is 3. The van der Waals surface area contributed by atoms with Crippen LogP contribution in [0.5, 0.6) is 0 Å². The van der Waals surface area contributed by atoms with E-state index in [1.165, 1.54) is 0 Å². The lowest BCUT2D eigenvalue weighted by Crippen LogP contribution is -2.62. The summed E-state index contributed by atoms with van der Waals surface area (Å²) in [5.41, 5.74) is 1.21. The predicted octanol–water partition coefficient (Wildman–Crippen LogP) is 5.95. The zero-order chi connectivity index (χ0) is 35.0. The third kappa shape index (κ3) is 6.54. The summed E-state index contributed by atoms with van der Waals surface area (Å²) in [5.74, 6) is -0.990. The lowest BCUT2D eigenvalue weighted by Gasteiger charge is -2.45. The van der Waals surface area contributed by atoms with E-state index < -0.39 is 23.0 Å². The van der Waals surface area contributed by atoms with Crippen molar-refractivity contribution in [1.82, 2.24) is 20.5 Å². The van der Waals surface area contributed by atoms with Crippen LogP contribution in [0.4, 0.5) is 4.79 Å². The molecule has 3 aromatic rings. The van der Waals surface area contributed by atoms with Crippen molar-refractivity contribution in [2.45, 2.75) is 96.1 Å². The molecule has 4 atom stereocenters. The third-order valence-electron chi connectivity index (χ3n) is 12.6. The van der Waals surface area contributed by atoms with Crippen LogP contribution in [-0.4, -0.2) is 70.1 Å². The van der Waals surface area contributed by atoms with Gasteiger partial charge in [-0.25, -0.2) is 4.79 Å². The summed E-state index contributed by atoms with van der Waals surface area (Å²) in [7, 11) is 0. The maximum Gasteiger partial charge on any atom is 0.408 e. The topological polar surface area (TPSA) is 141 Å². The van der Waals surface area contributed by atoms with Gasteiger partial charge < -0.3 is 30.4 Å². The normalized spacial score (nSPS) is 25.0. The first-order chi connectivity index (χ1) is 23.3. The molecule has 3 fully saturated rings. The molecule has 0 spiro atoms. The smallest absolute Gasteiger partial charge is 0.408 e. The Balaban J connectivity index is 1.21. The number of amides is 3. The first-order valence-corrected chi connectivity index (χ1v) is 17.6. The number of carbonyl (C=O) groups is 4. The van der Waals surface area contributed by atoms with E-state index in [0.717, 1.165) is 41.3 Å². The molecule has 1 unspecified atom stereocenters. The number of carboxylic acid groups (broad SMARTS) is 1. The van der Waals surface area contributed by atoms with Crippen LogP contribution in [0.1, 0.15) is 83.8 Å². The summed E-state index contributed by atoms with van der Waals surface area (Å²) in [6, 6.07) is 17.9. The van der Waals surface area contributed by atoms with Gasteiger partial charge in [-0.15, -0.1) is 0 Å². The molecule has 4 N–H and O–H groups in total. The van der Waals surface area contributed by atoms with Crippen LogP contribution in [0, 0.1) is 16.7 Å². The largest absolute Gasteiger partial charge is 0.481 e. The fourth-order valence-electron chi connectivity index (χ4n) is 8.95. The number of nitrogens with zero attached hydrogens (tertiary/aromatic N) is 1. The average Bonchev–Trinajstić information content (AvgIpc) is 3.65. The van der Waals surface area contributed by atoms with Crippen molar-refractivity contribution in [3.8, 4) is 0 Å². The zero-order valence-electron chi connectivity index (χ0n) is 29.1. The minimum Gasteiger partial charge on any atom is -0.481 e. The van der Waals surface area contributed by atoms with E-state index in [0.29, 0.717) is 38.4 Å². The van der Waals surface area contributed by atoms with E-state index in [2.05, 4.69) is 36.4 Å². The number of hydrogen-bond acceptors (Lipinski definition) is 5. The molecule has 2 saturated carbocycles. The molecule has 1 saturated heterocycles. The molecular formula is C39H50N4O6. The Morgan fingerprint density at radius 2 is 1.67 bits per heavy atom. The minimum atomic E-state index is -1.28. The second-order valence-electron chi connectivity index (χ2n) is 15.6. The number of benzene rings is 2. The number of hydrogen-bond donors (Lipinski definition) is 4. The van der Waals surface area contributed by atoms with Crippen LogP contribution in [0.25, 0.3) is 10.9 Å². The van der Waals surface area contributed by atoms with Gasteiger partial charge in [0.05, 0.1) is 6.42 Å². The summed E-state index contributed by atoms with van der Waals surface area (Å²) in [5, 5.41) is 16.1. The third-order valence-corrected chi connectivity index (χ3v) is 12.6. The molecule has 2 bridgehead atoms. The molecule has 1 aliphatic heterocycles. The molecule has 2 aromatic carbocycles. The number of piperidine rings is 1. The van der Waals surface area contributed by atoms with Crippen LogP contribution < -0.4 is 10.6 Å². The van der Waals surface area contributed by atoms with Gasteiger partial charge >= 0.3 is 12.1 Å². The number of likely N-dealkylation sites (tertiary alicyclic amines) is 1. The number of rotatable bonds is 11. The highest BCUT2D eigenvalue weighted by Gasteiger charge is 2.63. The van der Waals surface area contributed by atoms with Crippen molar-refractivity contribution in [2.24, 2.45) is 16.7 Å². The molecule has 6 rings (SSSR count). The lowest BCUT2D eigenvalue weighted by atomic mass is 9.70. The monoisotopic (exact) mass is 670 g/mol. The van der Waals surface area contributed by atoms with E-state index in [9.17, 15) is 19.2 Å². The fraction of sp³-hybridized carbons (Fsp3) is 0.538. The molecule has 3 aliphatic rings. The van der Waals surface area contributed by atoms with E-state index >= 15 is 0 Å². The second-order valence-corrected chi connectivity index (χ2v) is 15.6. The summed E-state index contributed by atoms with van der Waals surface area (Å²) >= 11 is 0. The maximum atomic E-state index is 14.6. The number of carbonyl (C=O) groups excluding carboxylic acids is 3. The van der Waals surface area contributed by atoms with Gasteiger partial charge in [0.1, 0.15) is 11.6 Å². The molecule has 262 valence electrons. The average molecular weight is 671 g/mol. The predicted molar refractivity (Wildman–Crippen MR) is 187 cm³/mol. The maximum absolute atomic E-state index is 14.6. The van der Waals surface area contributed by atoms with E-state index in [1.54, 1.807) is 6.92 Å². The van der Waals surface area contributed by atoms with Gasteiger partial charge in [-0.05, 0) is 67.6 Å². The number of fused-ring (bicyclic) bond motifs is 3. The van der Waals surface area contributed by atoms with Gasteiger partial charge in [-0.1, -0.05) is 69.3 Å². The van der Waals surface area contributed by atoms with Crippen molar-refractivity contribution < 1.29 is 29.0 Å². The number of alkyl carbamates (subject to hydrolysis) is 1. The fourth-order valence-corrected chi connectivity index (χ4v) is 8.95. The Hall–Kier alpha value is -4.34. The Kier molecular flexibility index (Phi) is 9.28. The first-order valence-electron chi connectivity index (χ1n) is 17.6. The highest BCUT2D eigenvalue weighted by molar-refractivity contribution is 5.92.